The van der Waals surface area contributed by atoms with Crippen molar-refractivity contribution in [3.8, 4) is 0 Å². The van der Waals surface area contributed by atoms with Gasteiger partial charge < -0.3 is 5.32 Å². The van der Waals surface area contributed by atoms with Crippen LogP contribution in [0.4, 0.5) is 5.69 Å². The normalized spacial score (nSPS) is 26.1. The van der Waals surface area contributed by atoms with Crippen molar-refractivity contribution in [3.63, 3.8) is 0 Å². The van der Waals surface area contributed by atoms with Gasteiger partial charge in [0.05, 0.1) is 0 Å². The van der Waals surface area contributed by atoms with Crippen molar-refractivity contribution in [2.75, 3.05) is 5.32 Å². The van der Waals surface area contributed by atoms with E-state index in [4.69, 9.17) is 0 Å². The fraction of sp³-hybridized carbons (Fsp3) is 0.571. The molecule has 1 aromatic rings. The van der Waals surface area contributed by atoms with Crippen molar-refractivity contribution < 1.29 is 0 Å². The van der Waals surface area contributed by atoms with Crippen LogP contribution < -0.4 is 5.32 Å². The maximum Gasteiger partial charge on any atom is 0.0352 e. The Morgan fingerprint density at radius 1 is 1.19 bits per heavy atom. The van der Waals surface area contributed by atoms with Crippen molar-refractivity contribution in [1.82, 2.24) is 0 Å². The summed E-state index contributed by atoms with van der Waals surface area (Å²) in [5.74, 6) is 0.919. The van der Waals surface area contributed by atoms with Crippen LogP contribution in [0.3, 0.4) is 0 Å². The van der Waals surface area contributed by atoms with E-state index in [-0.39, 0.29) is 0 Å². The Balaban J connectivity index is 1.93. The Kier molecular flexibility index (Phi) is 4.50. The summed E-state index contributed by atoms with van der Waals surface area (Å²) in [7, 11) is 0. The van der Waals surface area contributed by atoms with Gasteiger partial charge in [-0.3, -0.25) is 0 Å². The Morgan fingerprint density at radius 2 is 2.06 bits per heavy atom. The molecule has 0 aromatic heterocycles. The van der Waals surface area contributed by atoms with Gasteiger partial charge in [-0.2, -0.15) is 0 Å². The Hall–Kier alpha value is -0.250. The standard InChI is InChI=1S/C14H20IN/c1-11-4-2-6-13(9-8-11)16-14-7-3-5-12(15)10-14/h3,5,7,10-11,13,16H,2,4,6,8-9H2,1H3. The maximum absolute atomic E-state index is 3.68. The lowest BCUT2D eigenvalue weighted by atomic mass is 10.0. The second kappa shape index (κ2) is 5.89. The lowest BCUT2D eigenvalue weighted by Crippen LogP contribution is -2.18. The lowest BCUT2D eigenvalue weighted by Gasteiger charge is -2.17. The summed E-state index contributed by atoms with van der Waals surface area (Å²) in [5, 5.41) is 3.68. The first-order valence-corrected chi connectivity index (χ1v) is 7.34. The highest BCUT2D eigenvalue weighted by Crippen LogP contribution is 2.25. The van der Waals surface area contributed by atoms with E-state index < -0.39 is 0 Å². The van der Waals surface area contributed by atoms with E-state index in [2.05, 4.69) is 59.1 Å². The number of anilines is 1. The van der Waals surface area contributed by atoms with Crippen LogP contribution in [0.15, 0.2) is 24.3 Å². The monoisotopic (exact) mass is 329 g/mol. The van der Waals surface area contributed by atoms with E-state index in [1.165, 1.54) is 41.4 Å². The first kappa shape index (κ1) is 12.2. The van der Waals surface area contributed by atoms with Gasteiger partial charge in [-0.05, 0) is 66.0 Å². The van der Waals surface area contributed by atoms with Gasteiger partial charge in [-0.25, -0.2) is 0 Å². The minimum absolute atomic E-state index is 0.683. The van der Waals surface area contributed by atoms with Crippen LogP contribution in [0.25, 0.3) is 0 Å². The largest absolute Gasteiger partial charge is 0.382 e. The number of benzene rings is 1. The Labute approximate surface area is 112 Å². The maximum atomic E-state index is 3.68. The molecular weight excluding hydrogens is 309 g/mol. The minimum atomic E-state index is 0.683. The van der Waals surface area contributed by atoms with Crippen molar-refractivity contribution in [1.29, 1.82) is 0 Å². The van der Waals surface area contributed by atoms with Gasteiger partial charge in [0, 0.05) is 15.3 Å². The Morgan fingerprint density at radius 3 is 2.88 bits per heavy atom. The predicted octanol–water partition coefficient (Wildman–Crippen LogP) is 4.67. The molecule has 0 heterocycles. The molecular formula is C14H20IN. The van der Waals surface area contributed by atoms with Crippen LogP contribution in [-0.2, 0) is 0 Å². The highest BCUT2D eigenvalue weighted by Gasteiger charge is 2.15. The molecule has 2 atom stereocenters. The van der Waals surface area contributed by atoms with Gasteiger partial charge in [0.25, 0.3) is 0 Å². The summed E-state index contributed by atoms with van der Waals surface area (Å²) in [6.07, 6.45) is 6.82. The summed E-state index contributed by atoms with van der Waals surface area (Å²) in [6, 6.07) is 9.36. The number of hydrogen-bond donors (Lipinski definition) is 1. The average molecular weight is 329 g/mol. The molecule has 0 radical (unpaired) electrons. The second-order valence-electron chi connectivity index (χ2n) is 4.97. The van der Waals surface area contributed by atoms with Crippen molar-refractivity contribution >= 4 is 28.3 Å². The molecule has 88 valence electrons. The van der Waals surface area contributed by atoms with Gasteiger partial charge in [-0.15, -0.1) is 0 Å². The molecule has 2 heteroatoms. The zero-order valence-electron chi connectivity index (χ0n) is 9.88. The van der Waals surface area contributed by atoms with E-state index in [0.717, 1.165) is 5.92 Å². The molecule has 2 unspecified atom stereocenters. The molecule has 0 aliphatic heterocycles. The van der Waals surface area contributed by atoms with Crippen molar-refractivity contribution in [3.05, 3.63) is 27.8 Å². The van der Waals surface area contributed by atoms with Crippen LogP contribution in [0, 0.1) is 9.49 Å². The summed E-state index contributed by atoms with van der Waals surface area (Å²) in [4.78, 5) is 0. The Bertz CT molecular complexity index is 337. The van der Waals surface area contributed by atoms with Gasteiger partial charge in [0.2, 0.25) is 0 Å². The van der Waals surface area contributed by atoms with Gasteiger partial charge in [0.1, 0.15) is 0 Å². The molecule has 1 fully saturated rings. The third-order valence-corrected chi connectivity index (χ3v) is 4.12. The summed E-state index contributed by atoms with van der Waals surface area (Å²) >= 11 is 2.37. The van der Waals surface area contributed by atoms with Crippen LogP contribution in [0.5, 0.6) is 0 Å². The molecule has 1 saturated carbocycles. The molecule has 0 bridgehead atoms. The average Bonchev–Trinajstić information content (AvgIpc) is 2.44. The lowest BCUT2D eigenvalue weighted by molar-refractivity contribution is 0.502. The highest BCUT2D eigenvalue weighted by atomic mass is 127. The first-order chi connectivity index (χ1) is 7.74. The van der Waals surface area contributed by atoms with Crippen molar-refractivity contribution in [2.24, 2.45) is 5.92 Å². The first-order valence-electron chi connectivity index (χ1n) is 6.26. The summed E-state index contributed by atoms with van der Waals surface area (Å²) in [5.41, 5.74) is 1.28. The second-order valence-corrected chi connectivity index (χ2v) is 6.21. The molecule has 1 nitrogen and oxygen atoms in total. The molecule has 1 aliphatic carbocycles. The molecule has 0 amide bonds. The SMILES string of the molecule is CC1CCCC(Nc2cccc(I)c2)CC1. The predicted molar refractivity (Wildman–Crippen MR) is 78.8 cm³/mol. The number of halogens is 1. The van der Waals surface area contributed by atoms with E-state index in [1.807, 2.05) is 0 Å². The number of rotatable bonds is 2. The third kappa shape index (κ3) is 3.65. The van der Waals surface area contributed by atoms with Crippen LogP contribution >= 0.6 is 22.6 Å². The van der Waals surface area contributed by atoms with E-state index >= 15 is 0 Å². The number of hydrogen-bond acceptors (Lipinski definition) is 1. The smallest absolute Gasteiger partial charge is 0.0352 e. The zero-order chi connectivity index (χ0) is 11.4. The van der Waals surface area contributed by atoms with E-state index in [1.54, 1.807) is 0 Å². The highest BCUT2D eigenvalue weighted by molar-refractivity contribution is 14.1. The zero-order valence-corrected chi connectivity index (χ0v) is 12.0. The van der Waals surface area contributed by atoms with E-state index in [0.29, 0.717) is 6.04 Å². The van der Waals surface area contributed by atoms with E-state index in [9.17, 15) is 0 Å². The molecule has 2 rings (SSSR count). The van der Waals surface area contributed by atoms with Gasteiger partial charge in [0.15, 0.2) is 0 Å². The van der Waals surface area contributed by atoms with Gasteiger partial charge >= 0.3 is 0 Å². The minimum Gasteiger partial charge on any atom is -0.382 e. The summed E-state index contributed by atoms with van der Waals surface area (Å²) in [6.45, 7) is 2.38. The van der Waals surface area contributed by atoms with Crippen molar-refractivity contribution in [2.45, 2.75) is 45.1 Å². The molecule has 0 saturated heterocycles. The molecule has 1 aliphatic rings. The molecule has 1 aromatic carbocycles. The van der Waals surface area contributed by atoms with Crippen LogP contribution in [0.2, 0.25) is 0 Å². The number of nitrogens with one attached hydrogen (secondary N) is 1. The molecule has 0 spiro atoms. The molecule has 1 N–H and O–H groups in total. The van der Waals surface area contributed by atoms with Crippen LogP contribution in [0.1, 0.15) is 39.0 Å². The summed E-state index contributed by atoms with van der Waals surface area (Å²) < 4.78 is 1.31. The fourth-order valence-corrected chi connectivity index (χ4v) is 2.99. The topological polar surface area (TPSA) is 12.0 Å². The van der Waals surface area contributed by atoms with Crippen LogP contribution in [-0.4, -0.2) is 6.04 Å². The quantitative estimate of drug-likeness (QED) is 0.614. The fourth-order valence-electron chi connectivity index (χ4n) is 2.45. The van der Waals surface area contributed by atoms with Gasteiger partial charge in [-0.1, -0.05) is 25.8 Å². The molecule has 16 heavy (non-hydrogen) atoms. The third-order valence-electron chi connectivity index (χ3n) is 3.45.